The van der Waals surface area contributed by atoms with E-state index in [0.717, 1.165) is 5.56 Å². The molecule has 1 aromatic carbocycles. The molecule has 1 N–H and O–H groups in total. The normalized spacial score (nSPS) is 12.5. The van der Waals surface area contributed by atoms with Gasteiger partial charge in [0.15, 0.2) is 0 Å². The highest BCUT2D eigenvalue weighted by Crippen LogP contribution is 2.17. The summed E-state index contributed by atoms with van der Waals surface area (Å²) in [6.45, 7) is 5.22. The van der Waals surface area contributed by atoms with Gasteiger partial charge in [-0.2, -0.15) is 0 Å². The van der Waals surface area contributed by atoms with Crippen LogP contribution in [0.25, 0.3) is 0 Å². The van der Waals surface area contributed by atoms with E-state index in [1.807, 2.05) is 37.3 Å². The zero-order valence-electron chi connectivity index (χ0n) is 13.0. The molecule has 120 valence electrons. The standard InChI is InChI=1S/C15H21N3O3S/c1-4-18-13(10-12-8-6-5-7-9-12)16-17-14(18)22(20,21)11-15(2,3)19/h5-9,19H,4,10-11H2,1-3H3. The van der Waals surface area contributed by atoms with Crippen molar-refractivity contribution in [1.29, 1.82) is 0 Å². The Morgan fingerprint density at radius 3 is 2.36 bits per heavy atom. The van der Waals surface area contributed by atoms with Crippen LogP contribution in [0.4, 0.5) is 0 Å². The van der Waals surface area contributed by atoms with Gasteiger partial charge in [-0.05, 0) is 26.3 Å². The molecule has 0 aliphatic carbocycles. The van der Waals surface area contributed by atoms with Crippen molar-refractivity contribution in [3.63, 3.8) is 0 Å². The van der Waals surface area contributed by atoms with Crippen molar-refractivity contribution in [2.45, 2.75) is 44.5 Å². The zero-order chi connectivity index (χ0) is 16.4. The lowest BCUT2D eigenvalue weighted by atomic mass is 10.1. The van der Waals surface area contributed by atoms with Gasteiger partial charge >= 0.3 is 0 Å². The number of nitrogens with zero attached hydrogens (tertiary/aromatic N) is 3. The van der Waals surface area contributed by atoms with E-state index in [0.29, 0.717) is 18.8 Å². The summed E-state index contributed by atoms with van der Waals surface area (Å²) < 4.78 is 26.4. The smallest absolute Gasteiger partial charge is 0.249 e. The lowest BCUT2D eigenvalue weighted by Crippen LogP contribution is -2.31. The maximum Gasteiger partial charge on any atom is 0.249 e. The Balaban J connectivity index is 2.36. The number of aromatic nitrogens is 3. The lowest BCUT2D eigenvalue weighted by Gasteiger charge is -2.17. The third-order valence-electron chi connectivity index (χ3n) is 3.14. The van der Waals surface area contributed by atoms with E-state index in [4.69, 9.17) is 0 Å². The maximum atomic E-state index is 12.4. The van der Waals surface area contributed by atoms with Gasteiger partial charge in [-0.3, -0.25) is 0 Å². The maximum absolute atomic E-state index is 12.4. The van der Waals surface area contributed by atoms with Crippen LogP contribution in [0.1, 0.15) is 32.2 Å². The molecule has 0 aliphatic rings. The molecule has 0 saturated carbocycles. The summed E-state index contributed by atoms with van der Waals surface area (Å²) in [6, 6.07) is 9.69. The van der Waals surface area contributed by atoms with Crippen LogP contribution in [0.5, 0.6) is 0 Å². The molecule has 1 aromatic heterocycles. The second-order valence-corrected chi connectivity index (χ2v) is 7.76. The van der Waals surface area contributed by atoms with E-state index in [1.165, 1.54) is 13.8 Å². The molecule has 0 bridgehead atoms. The summed E-state index contributed by atoms with van der Waals surface area (Å²) in [4.78, 5) is 0. The summed E-state index contributed by atoms with van der Waals surface area (Å²) in [5.41, 5.74) is -0.279. The molecule has 0 unspecified atom stereocenters. The molecule has 0 spiro atoms. The quantitative estimate of drug-likeness (QED) is 0.869. The van der Waals surface area contributed by atoms with Crippen LogP contribution < -0.4 is 0 Å². The molecule has 2 rings (SSSR count). The SMILES string of the molecule is CCn1c(Cc2ccccc2)nnc1S(=O)(=O)CC(C)(C)O. The highest BCUT2D eigenvalue weighted by Gasteiger charge is 2.30. The molecule has 1 heterocycles. The Bertz CT molecular complexity index is 731. The van der Waals surface area contributed by atoms with Crippen molar-refractivity contribution < 1.29 is 13.5 Å². The Morgan fingerprint density at radius 1 is 1.18 bits per heavy atom. The third kappa shape index (κ3) is 3.92. The summed E-state index contributed by atoms with van der Waals surface area (Å²) >= 11 is 0. The fourth-order valence-corrected chi connectivity index (χ4v) is 4.10. The Kier molecular flexibility index (Phi) is 4.67. The second-order valence-electron chi connectivity index (χ2n) is 5.88. The van der Waals surface area contributed by atoms with E-state index < -0.39 is 15.4 Å². The highest BCUT2D eigenvalue weighted by molar-refractivity contribution is 7.91. The average Bonchev–Trinajstić information content (AvgIpc) is 2.81. The molecule has 2 aromatic rings. The first-order chi connectivity index (χ1) is 10.2. The minimum atomic E-state index is -3.69. The molecular weight excluding hydrogens is 302 g/mol. The van der Waals surface area contributed by atoms with Crippen LogP contribution in [0, 0.1) is 0 Å². The van der Waals surface area contributed by atoms with Crippen molar-refractivity contribution in [1.82, 2.24) is 14.8 Å². The fraction of sp³-hybridized carbons (Fsp3) is 0.467. The van der Waals surface area contributed by atoms with Gasteiger partial charge in [-0.15, -0.1) is 10.2 Å². The number of hydrogen-bond donors (Lipinski definition) is 1. The number of sulfone groups is 1. The van der Waals surface area contributed by atoms with Gasteiger partial charge in [0.1, 0.15) is 5.82 Å². The zero-order valence-corrected chi connectivity index (χ0v) is 13.8. The average molecular weight is 323 g/mol. The van der Waals surface area contributed by atoms with Crippen LogP contribution in [0.2, 0.25) is 0 Å². The van der Waals surface area contributed by atoms with Crippen LogP contribution >= 0.6 is 0 Å². The number of hydrogen-bond acceptors (Lipinski definition) is 5. The lowest BCUT2D eigenvalue weighted by molar-refractivity contribution is 0.105. The van der Waals surface area contributed by atoms with Crippen LogP contribution in [-0.2, 0) is 22.8 Å². The van der Waals surface area contributed by atoms with Gasteiger partial charge in [-0.1, -0.05) is 30.3 Å². The van der Waals surface area contributed by atoms with Crippen LogP contribution in [0.15, 0.2) is 35.5 Å². The highest BCUT2D eigenvalue weighted by atomic mass is 32.2. The predicted octanol–water partition coefficient (Wildman–Crippen LogP) is 1.43. The fourth-order valence-electron chi connectivity index (χ4n) is 2.31. The van der Waals surface area contributed by atoms with E-state index in [1.54, 1.807) is 4.57 Å². The van der Waals surface area contributed by atoms with Gasteiger partial charge in [0, 0.05) is 13.0 Å². The predicted molar refractivity (Wildman–Crippen MR) is 83.3 cm³/mol. The summed E-state index contributed by atoms with van der Waals surface area (Å²) in [5.74, 6) is 0.215. The van der Waals surface area contributed by atoms with E-state index in [-0.39, 0.29) is 10.9 Å². The molecule has 0 aliphatic heterocycles. The Hall–Kier alpha value is -1.73. The summed E-state index contributed by atoms with van der Waals surface area (Å²) in [7, 11) is -3.69. The van der Waals surface area contributed by atoms with E-state index in [2.05, 4.69) is 10.2 Å². The topological polar surface area (TPSA) is 85.1 Å². The molecule has 0 fully saturated rings. The van der Waals surface area contributed by atoms with Crippen LogP contribution in [0.3, 0.4) is 0 Å². The van der Waals surface area contributed by atoms with Gasteiger partial charge in [-0.25, -0.2) is 8.42 Å². The minimum Gasteiger partial charge on any atom is -0.389 e. The molecule has 22 heavy (non-hydrogen) atoms. The Morgan fingerprint density at radius 2 is 1.82 bits per heavy atom. The van der Waals surface area contributed by atoms with Crippen molar-refractivity contribution in [3.8, 4) is 0 Å². The van der Waals surface area contributed by atoms with Gasteiger partial charge in [0.25, 0.3) is 0 Å². The summed E-state index contributed by atoms with van der Waals surface area (Å²) in [5, 5.41) is 17.6. The first-order valence-corrected chi connectivity index (χ1v) is 8.79. The number of rotatable bonds is 6. The minimum absolute atomic E-state index is 0.0805. The van der Waals surface area contributed by atoms with Gasteiger partial charge in [0.05, 0.1) is 11.4 Å². The first kappa shape index (κ1) is 16.6. The van der Waals surface area contributed by atoms with Crippen molar-refractivity contribution in [3.05, 3.63) is 41.7 Å². The van der Waals surface area contributed by atoms with Crippen molar-refractivity contribution in [2.75, 3.05) is 5.75 Å². The largest absolute Gasteiger partial charge is 0.389 e. The molecule has 0 amide bonds. The van der Waals surface area contributed by atoms with E-state index in [9.17, 15) is 13.5 Å². The molecule has 0 saturated heterocycles. The van der Waals surface area contributed by atoms with E-state index >= 15 is 0 Å². The number of benzene rings is 1. The summed E-state index contributed by atoms with van der Waals surface area (Å²) in [6.07, 6.45) is 0.514. The number of aliphatic hydroxyl groups is 1. The van der Waals surface area contributed by atoms with Gasteiger partial charge < -0.3 is 9.67 Å². The monoisotopic (exact) mass is 323 g/mol. The third-order valence-corrected chi connectivity index (χ3v) is 5.08. The van der Waals surface area contributed by atoms with Gasteiger partial charge in [0.2, 0.25) is 15.0 Å². The first-order valence-electron chi connectivity index (χ1n) is 7.14. The second kappa shape index (κ2) is 6.18. The van der Waals surface area contributed by atoms with Crippen molar-refractivity contribution in [2.24, 2.45) is 0 Å². The molecule has 0 atom stereocenters. The Labute approximate surface area is 130 Å². The molecule has 7 heteroatoms. The van der Waals surface area contributed by atoms with Crippen LogP contribution in [-0.4, -0.2) is 39.6 Å². The molecule has 0 radical (unpaired) electrons. The van der Waals surface area contributed by atoms with Crippen molar-refractivity contribution >= 4 is 9.84 Å². The molecule has 6 nitrogen and oxygen atoms in total. The molecular formula is C15H21N3O3S.